The van der Waals surface area contributed by atoms with E-state index in [1.54, 1.807) is 0 Å². The van der Waals surface area contributed by atoms with Gasteiger partial charge in [-0.05, 0) is 41.8 Å². The van der Waals surface area contributed by atoms with Gasteiger partial charge in [0.15, 0.2) is 0 Å². The van der Waals surface area contributed by atoms with Crippen molar-refractivity contribution in [1.29, 1.82) is 0 Å². The molecule has 0 aromatic heterocycles. The summed E-state index contributed by atoms with van der Waals surface area (Å²) >= 11 is 5.90. The van der Waals surface area contributed by atoms with E-state index in [-0.39, 0.29) is 17.3 Å². The number of benzene rings is 3. The Morgan fingerprint density at radius 3 is 2.03 bits per heavy atom. The van der Waals surface area contributed by atoms with Crippen molar-refractivity contribution in [2.24, 2.45) is 0 Å². The number of hydrogen-bond donors (Lipinski definition) is 1. The molecule has 9 heteroatoms. The number of sulfonamides is 1. The van der Waals surface area contributed by atoms with Gasteiger partial charge >= 0.3 is 0 Å². The SMILES string of the molecule is CCCNC(=O)[C@H](Cc1ccccc1)N(Cc1ccccc1)C(=O)CN(C)S(=O)(=O)c1ccc(Cl)cc1. The van der Waals surface area contributed by atoms with Crippen LogP contribution in [0.1, 0.15) is 24.5 Å². The number of likely N-dealkylation sites (N-methyl/N-ethyl adjacent to an activating group) is 1. The normalized spacial score (nSPS) is 12.2. The molecular formula is C28H32ClN3O4S. The fourth-order valence-electron chi connectivity index (χ4n) is 3.85. The number of hydrogen-bond acceptors (Lipinski definition) is 4. The van der Waals surface area contributed by atoms with Crippen molar-refractivity contribution in [3.63, 3.8) is 0 Å². The molecule has 0 saturated carbocycles. The lowest BCUT2D eigenvalue weighted by Gasteiger charge is -2.32. The van der Waals surface area contributed by atoms with Gasteiger partial charge in [0.2, 0.25) is 21.8 Å². The number of nitrogens with zero attached hydrogens (tertiary/aromatic N) is 2. The third-order valence-corrected chi connectivity index (χ3v) is 7.97. The molecule has 2 amide bonds. The second-order valence-electron chi connectivity index (χ2n) is 8.72. The standard InChI is InChI=1S/C28H32ClN3O4S/c1-3-18-30-28(34)26(19-22-10-6-4-7-11-22)32(20-23-12-8-5-9-13-23)27(33)21-31(2)37(35,36)25-16-14-24(29)15-17-25/h4-17,26H,3,18-21H2,1-2H3,(H,30,34)/t26-/m0/s1. The molecule has 37 heavy (non-hydrogen) atoms. The zero-order valence-electron chi connectivity index (χ0n) is 21.0. The summed E-state index contributed by atoms with van der Waals surface area (Å²) in [5.41, 5.74) is 1.73. The van der Waals surface area contributed by atoms with Crippen LogP contribution < -0.4 is 5.32 Å². The van der Waals surface area contributed by atoms with Crippen LogP contribution in [-0.4, -0.2) is 55.6 Å². The first-order valence-electron chi connectivity index (χ1n) is 12.1. The lowest BCUT2D eigenvalue weighted by atomic mass is 10.0. The first-order chi connectivity index (χ1) is 17.7. The van der Waals surface area contributed by atoms with E-state index in [2.05, 4.69) is 5.32 Å². The molecule has 7 nitrogen and oxygen atoms in total. The summed E-state index contributed by atoms with van der Waals surface area (Å²) in [6.45, 7) is 2.16. The number of rotatable bonds is 12. The van der Waals surface area contributed by atoms with Crippen LogP contribution in [0.3, 0.4) is 0 Å². The third-order valence-electron chi connectivity index (χ3n) is 5.90. The van der Waals surface area contributed by atoms with Crippen LogP contribution in [0.25, 0.3) is 0 Å². The van der Waals surface area contributed by atoms with E-state index < -0.39 is 28.5 Å². The lowest BCUT2D eigenvalue weighted by Crippen LogP contribution is -2.53. The predicted octanol–water partition coefficient (Wildman–Crippen LogP) is 4.13. The zero-order chi connectivity index (χ0) is 26.8. The fraction of sp³-hybridized carbons (Fsp3) is 0.286. The second-order valence-corrected chi connectivity index (χ2v) is 11.2. The Morgan fingerprint density at radius 1 is 0.892 bits per heavy atom. The molecule has 0 aliphatic rings. The van der Waals surface area contributed by atoms with Crippen LogP contribution in [0.15, 0.2) is 89.8 Å². The molecule has 0 fully saturated rings. The highest BCUT2D eigenvalue weighted by atomic mass is 35.5. The highest BCUT2D eigenvalue weighted by Gasteiger charge is 2.32. The maximum Gasteiger partial charge on any atom is 0.243 e. The molecule has 3 aromatic carbocycles. The minimum atomic E-state index is -3.95. The topological polar surface area (TPSA) is 86.8 Å². The van der Waals surface area contributed by atoms with Crippen LogP contribution in [0.4, 0.5) is 0 Å². The molecule has 0 aliphatic carbocycles. The van der Waals surface area contributed by atoms with Crippen molar-refractivity contribution >= 4 is 33.4 Å². The van der Waals surface area contributed by atoms with Gasteiger partial charge in [0.25, 0.3) is 0 Å². The Balaban J connectivity index is 1.93. The number of carbonyl (C=O) groups is 2. The summed E-state index contributed by atoms with van der Waals surface area (Å²) in [6.07, 6.45) is 1.04. The van der Waals surface area contributed by atoms with E-state index >= 15 is 0 Å². The number of carbonyl (C=O) groups excluding carboxylic acids is 2. The molecule has 196 valence electrons. The van der Waals surface area contributed by atoms with Gasteiger partial charge in [-0.1, -0.05) is 79.2 Å². The molecule has 3 aromatic rings. The predicted molar refractivity (Wildman–Crippen MR) is 145 cm³/mol. The molecule has 1 atom stereocenters. The maximum absolute atomic E-state index is 13.7. The van der Waals surface area contributed by atoms with Crippen molar-refractivity contribution in [2.75, 3.05) is 20.1 Å². The van der Waals surface area contributed by atoms with Gasteiger partial charge in [-0.25, -0.2) is 8.42 Å². The molecule has 0 aliphatic heterocycles. The summed E-state index contributed by atoms with van der Waals surface area (Å²) < 4.78 is 27.3. The molecule has 3 rings (SSSR count). The van der Waals surface area contributed by atoms with Crippen molar-refractivity contribution < 1.29 is 18.0 Å². The molecule has 1 N–H and O–H groups in total. The average molecular weight is 542 g/mol. The van der Waals surface area contributed by atoms with Crippen molar-refractivity contribution in [1.82, 2.24) is 14.5 Å². The minimum Gasteiger partial charge on any atom is -0.354 e. The van der Waals surface area contributed by atoms with E-state index in [9.17, 15) is 18.0 Å². The molecule has 0 saturated heterocycles. The Kier molecular flexibility index (Phi) is 10.3. The Bertz CT molecular complexity index is 1270. The summed E-state index contributed by atoms with van der Waals surface area (Å²) in [4.78, 5) is 28.6. The van der Waals surface area contributed by atoms with E-state index in [0.29, 0.717) is 18.0 Å². The van der Waals surface area contributed by atoms with Crippen LogP contribution in [0.2, 0.25) is 5.02 Å². The van der Waals surface area contributed by atoms with Crippen LogP contribution in [-0.2, 0) is 32.6 Å². The van der Waals surface area contributed by atoms with Crippen molar-refractivity contribution in [3.05, 3.63) is 101 Å². The highest BCUT2D eigenvalue weighted by Crippen LogP contribution is 2.19. The van der Waals surface area contributed by atoms with Crippen LogP contribution in [0.5, 0.6) is 0 Å². The largest absolute Gasteiger partial charge is 0.354 e. The number of halogens is 1. The average Bonchev–Trinajstić information content (AvgIpc) is 2.90. The van der Waals surface area contributed by atoms with Gasteiger partial charge < -0.3 is 10.2 Å². The highest BCUT2D eigenvalue weighted by molar-refractivity contribution is 7.89. The van der Waals surface area contributed by atoms with Gasteiger partial charge in [-0.2, -0.15) is 4.31 Å². The Labute approximate surface area is 224 Å². The smallest absolute Gasteiger partial charge is 0.243 e. The van der Waals surface area contributed by atoms with Gasteiger partial charge in [-0.15, -0.1) is 0 Å². The van der Waals surface area contributed by atoms with Gasteiger partial charge in [0, 0.05) is 31.6 Å². The van der Waals surface area contributed by atoms with Crippen LogP contribution >= 0.6 is 11.6 Å². The molecular weight excluding hydrogens is 510 g/mol. The number of amides is 2. The summed E-state index contributed by atoms with van der Waals surface area (Å²) in [6, 6.07) is 23.7. The Hall–Kier alpha value is -3.20. The quantitative estimate of drug-likeness (QED) is 0.373. The fourth-order valence-corrected chi connectivity index (χ4v) is 5.10. The molecule has 0 spiro atoms. The molecule has 0 heterocycles. The van der Waals surface area contributed by atoms with Crippen molar-refractivity contribution in [3.8, 4) is 0 Å². The summed E-state index contributed by atoms with van der Waals surface area (Å²) in [5.74, 6) is -0.755. The summed E-state index contributed by atoms with van der Waals surface area (Å²) in [5, 5.41) is 3.32. The van der Waals surface area contributed by atoms with Crippen LogP contribution in [0, 0.1) is 0 Å². The molecule has 0 unspecified atom stereocenters. The van der Waals surface area contributed by atoms with Gasteiger partial charge in [0.1, 0.15) is 6.04 Å². The summed E-state index contributed by atoms with van der Waals surface area (Å²) in [7, 11) is -2.60. The third kappa shape index (κ3) is 7.89. The van der Waals surface area contributed by atoms with E-state index in [0.717, 1.165) is 21.9 Å². The lowest BCUT2D eigenvalue weighted by molar-refractivity contribution is -0.141. The molecule has 0 bridgehead atoms. The van der Waals surface area contributed by atoms with E-state index in [4.69, 9.17) is 11.6 Å². The number of nitrogens with one attached hydrogen (secondary N) is 1. The van der Waals surface area contributed by atoms with Gasteiger partial charge in [0.05, 0.1) is 11.4 Å². The molecule has 0 radical (unpaired) electrons. The van der Waals surface area contributed by atoms with Gasteiger partial charge in [-0.3, -0.25) is 9.59 Å². The minimum absolute atomic E-state index is 0.0309. The van der Waals surface area contributed by atoms with Crippen molar-refractivity contribution in [2.45, 2.75) is 37.2 Å². The van der Waals surface area contributed by atoms with E-state index in [1.807, 2.05) is 67.6 Å². The van der Waals surface area contributed by atoms with E-state index in [1.165, 1.54) is 36.2 Å². The maximum atomic E-state index is 13.7. The Morgan fingerprint density at radius 2 is 1.46 bits per heavy atom. The monoisotopic (exact) mass is 541 g/mol. The zero-order valence-corrected chi connectivity index (χ0v) is 22.6. The second kappa shape index (κ2) is 13.4. The first-order valence-corrected chi connectivity index (χ1v) is 13.9. The first kappa shape index (κ1) is 28.4.